The van der Waals surface area contributed by atoms with E-state index in [1.165, 1.54) is 12.3 Å². The number of rotatable bonds is 3. The number of aryl methyl sites for hydroxylation is 1. The van der Waals surface area contributed by atoms with Gasteiger partial charge in [0.15, 0.2) is 5.82 Å². The monoisotopic (exact) mass is 290 g/mol. The lowest BCUT2D eigenvalue weighted by Crippen LogP contribution is -2.15. The lowest BCUT2D eigenvalue weighted by atomic mass is 10.1. The number of hydrogen-bond acceptors (Lipinski definition) is 4. The van der Waals surface area contributed by atoms with Gasteiger partial charge in [0, 0.05) is 11.9 Å². The SMILES string of the molecule is Cc1cccc(NC(=O)c2cnc(NN)c(Cl)c2)c1C. The second-order valence-corrected chi connectivity index (χ2v) is 4.81. The zero-order chi connectivity index (χ0) is 14.7. The summed E-state index contributed by atoms with van der Waals surface area (Å²) in [4.78, 5) is 16.1. The van der Waals surface area contributed by atoms with E-state index in [4.69, 9.17) is 17.4 Å². The molecule has 6 heteroatoms. The Balaban J connectivity index is 2.24. The number of nitrogen functional groups attached to an aromatic ring is 1. The summed E-state index contributed by atoms with van der Waals surface area (Å²) in [7, 11) is 0. The molecule has 20 heavy (non-hydrogen) atoms. The van der Waals surface area contributed by atoms with E-state index in [1.54, 1.807) is 0 Å². The van der Waals surface area contributed by atoms with Gasteiger partial charge in [-0.15, -0.1) is 0 Å². The van der Waals surface area contributed by atoms with Gasteiger partial charge in [-0.3, -0.25) is 4.79 Å². The molecule has 0 aliphatic heterocycles. The molecule has 0 saturated carbocycles. The van der Waals surface area contributed by atoms with Gasteiger partial charge < -0.3 is 10.7 Å². The highest BCUT2D eigenvalue weighted by atomic mass is 35.5. The van der Waals surface area contributed by atoms with Crippen molar-refractivity contribution in [3.63, 3.8) is 0 Å². The number of hydrogen-bond donors (Lipinski definition) is 3. The van der Waals surface area contributed by atoms with Crippen LogP contribution < -0.4 is 16.6 Å². The Morgan fingerprint density at radius 3 is 2.75 bits per heavy atom. The van der Waals surface area contributed by atoms with Gasteiger partial charge in [-0.1, -0.05) is 23.7 Å². The predicted octanol–water partition coefficient (Wildman–Crippen LogP) is 2.89. The van der Waals surface area contributed by atoms with Crippen molar-refractivity contribution < 1.29 is 4.79 Å². The van der Waals surface area contributed by atoms with E-state index in [-0.39, 0.29) is 5.91 Å². The van der Waals surface area contributed by atoms with Gasteiger partial charge >= 0.3 is 0 Å². The topological polar surface area (TPSA) is 80.0 Å². The van der Waals surface area contributed by atoms with Gasteiger partial charge in [-0.2, -0.15) is 0 Å². The average molecular weight is 291 g/mol. The summed E-state index contributed by atoms with van der Waals surface area (Å²) in [6, 6.07) is 7.25. The smallest absolute Gasteiger partial charge is 0.257 e. The first kappa shape index (κ1) is 14.3. The van der Waals surface area contributed by atoms with E-state index in [9.17, 15) is 4.79 Å². The van der Waals surface area contributed by atoms with E-state index in [2.05, 4.69) is 15.7 Å². The lowest BCUT2D eigenvalue weighted by Gasteiger charge is -2.11. The number of pyridine rings is 1. The summed E-state index contributed by atoms with van der Waals surface area (Å²) in [5, 5.41) is 3.14. The van der Waals surface area contributed by atoms with Crippen molar-refractivity contribution in [1.82, 2.24) is 4.98 Å². The molecule has 2 aromatic rings. The molecule has 2 rings (SSSR count). The Morgan fingerprint density at radius 2 is 2.10 bits per heavy atom. The first-order valence-corrected chi connectivity index (χ1v) is 6.40. The fraction of sp³-hybridized carbons (Fsp3) is 0.143. The third-order valence-electron chi connectivity index (χ3n) is 3.09. The van der Waals surface area contributed by atoms with Gasteiger partial charge in [0.2, 0.25) is 0 Å². The quantitative estimate of drug-likeness (QED) is 0.600. The van der Waals surface area contributed by atoms with Gasteiger partial charge in [0.1, 0.15) is 0 Å². The molecule has 0 saturated heterocycles. The highest BCUT2D eigenvalue weighted by Gasteiger charge is 2.11. The van der Waals surface area contributed by atoms with Crippen molar-refractivity contribution in [1.29, 1.82) is 0 Å². The molecule has 104 valence electrons. The summed E-state index contributed by atoms with van der Waals surface area (Å²) >= 11 is 5.95. The largest absolute Gasteiger partial charge is 0.322 e. The van der Waals surface area contributed by atoms with Crippen LogP contribution in [0.2, 0.25) is 5.02 Å². The molecule has 0 atom stereocenters. The van der Waals surface area contributed by atoms with Crippen molar-refractivity contribution in [3.05, 3.63) is 52.2 Å². The normalized spacial score (nSPS) is 10.2. The van der Waals surface area contributed by atoms with Crippen LogP contribution in [0.25, 0.3) is 0 Å². The summed E-state index contributed by atoms with van der Waals surface area (Å²) in [5.74, 6) is 5.30. The molecule has 4 N–H and O–H groups in total. The highest BCUT2D eigenvalue weighted by molar-refractivity contribution is 6.33. The fourth-order valence-corrected chi connectivity index (χ4v) is 1.97. The van der Waals surface area contributed by atoms with Gasteiger partial charge in [0.05, 0.1) is 10.6 Å². The van der Waals surface area contributed by atoms with E-state index in [1.807, 2.05) is 32.0 Å². The molecular weight excluding hydrogens is 276 g/mol. The first-order chi connectivity index (χ1) is 9.52. The summed E-state index contributed by atoms with van der Waals surface area (Å²) in [5.41, 5.74) is 5.63. The molecule has 5 nitrogen and oxygen atoms in total. The molecule has 1 aromatic carbocycles. The maximum atomic E-state index is 12.2. The zero-order valence-corrected chi connectivity index (χ0v) is 12.0. The summed E-state index contributed by atoms with van der Waals surface area (Å²) in [6.45, 7) is 3.95. The Hall–Kier alpha value is -2.11. The highest BCUT2D eigenvalue weighted by Crippen LogP contribution is 2.21. The number of hydrazine groups is 1. The van der Waals surface area contributed by atoms with Crippen LogP contribution in [0.5, 0.6) is 0 Å². The first-order valence-electron chi connectivity index (χ1n) is 6.02. The van der Waals surface area contributed by atoms with Crippen molar-refractivity contribution in [2.75, 3.05) is 10.7 Å². The van der Waals surface area contributed by atoms with Crippen LogP contribution in [0.1, 0.15) is 21.5 Å². The molecule has 0 radical (unpaired) electrons. The molecule has 0 unspecified atom stereocenters. The minimum absolute atomic E-state index is 0.267. The number of benzene rings is 1. The van der Waals surface area contributed by atoms with E-state index in [0.717, 1.165) is 16.8 Å². The Morgan fingerprint density at radius 1 is 1.35 bits per heavy atom. The molecule has 0 aliphatic rings. The number of nitrogens with one attached hydrogen (secondary N) is 2. The summed E-state index contributed by atoms with van der Waals surface area (Å²) < 4.78 is 0. The number of nitrogens with zero attached hydrogens (tertiary/aromatic N) is 1. The van der Waals surface area contributed by atoms with Crippen LogP contribution in [0.4, 0.5) is 11.5 Å². The number of carbonyl (C=O) groups is 1. The minimum atomic E-state index is -0.267. The third kappa shape index (κ3) is 2.89. The Labute approximate surface area is 122 Å². The van der Waals surface area contributed by atoms with Crippen LogP contribution in [-0.4, -0.2) is 10.9 Å². The molecular formula is C14H15ClN4O. The number of anilines is 2. The Kier molecular flexibility index (Phi) is 4.22. The Bertz CT molecular complexity index is 658. The molecule has 0 aliphatic carbocycles. The van der Waals surface area contributed by atoms with Crippen molar-refractivity contribution in [2.24, 2.45) is 5.84 Å². The van der Waals surface area contributed by atoms with Crippen LogP contribution in [0.3, 0.4) is 0 Å². The number of aromatic nitrogens is 1. The lowest BCUT2D eigenvalue weighted by molar-refractivity contribution is 0.102. The van der Waals surface area contributed by atoms with Crippen LogP contribution in [-0.2, 0) is 0 Å². The standard InChI is InChI=1S/C14H15ClN4O/c1-8-4-3-5-12(9(8)2)18-14(20)10-6-11(15)13(19-16)17-7-10/h3-7H,16H2,1-2H3,(H,17,19)(H,18,20). The predicted molar refractivity (Wildman–Crippen MR) is 80.9 cm³/mol. The van der Waals surface area contributed by atoms with E-state index < -0.39 is 0 Å². The minimum Gasteiger partial charge on any atom is -0.322 e. The molecule has 1 amide bonds. The fourth-order valence-electron chi connectivity index (χ4n) is 1.75. The average Bonchev–Trinajstić information content (AvgIpc) is 2.43. The van der Waals surface area contributed by atoms with Crippen LogP contribution in [0, 0.1) is 13.8 Å². The van der Waals surface area contributed by atoms with Crippen molar-refractivity contribution >= 4 is 29.0 Å². The second kappa shape index (κ2) is 5.90. The van der Waals surface area contributed by atoms with E-state index in [0.29, 0.717) is 16.4 Å². The third-order valence-corrected chi connectivity index (χ3v) is 3.38. The molecule has 0 bridgehead atoms. The molecule has 0 spiro atoms. The van der Waals surface area contributed by atoms with Crippen molar-refractivity contribution in [3.8, 4) is 0 Å². The van der Waals surface area contributed by atoms with Gasteiger partial charge in [-0.05, 0) is 37.1 Å². The zero-order valence-electron chi connectivity index (χ0n) is 11.2. The molecule has 1 heterocycles. The number of carbonyl (C=O) groups excluding carboxylic acids is 1. The number of halogens is 1. The van der Waals surface area contributed by atoms with Gasteiger partial charge in [0.25, 0.3) is 5.91 Å². The molecule has 0 fully saturated rings. The van der Waals surface area contributed by atoms with Crippen LogP contribution in [0.15, 0.2) is 30.5 Å². The summed E-state index contributed by atoms with van der Waals surface area (Å²) in [6.07, 6.45) is 1.42. The van der Waals surface area contributed by atoms with Crippen LogP contribution >= 0.6 is 11.6 Å². The molecule has 1 aromatic heterocycles. The maximum Gasteiger partial charge on any atom is 0.257 e. The van der Waals surface area contributed by atoms with Crippen molar-refractivity contribution in [2.45, 2.75) is 13.8 Å². The van der Waals surface area contributed by atoms with Gasteiger partial charge in [-0.25, -0.2) is 10.8 Å². The van der Waals surface area contributed by atoms with E-state index >= 15 is 0 Å². The maximum absolute atomic E-state index is 12.2. The number of nitrogens with two attached hydrogens (primary N) is 1. The number of amides is 1. The second-order valence-electron chi connectivity index (χ2n) is 4.40.